The van der Waals surface area contributed by atoms with E-state index < -0.39 is 11.4 Å². The third-order valence-corrected chi connectivity index (χ3v) is 4.50. The molecule has 0 atom stereocenters. The standard InChI is InChI=1S/C16H23NO2/c1-2-16(15(18)19)9-12-17(13-10-16)11-8-14-6-4-3-5-7-14/h3-7H,2,8-13H2,1H3,(H,18,19). The summed E-state index contributed by atoms with van der Waals surface area (Å²) in [6, 6.07) is 10.5. The van der Waals surface area contributed by atoms with Crippen molar-refractivity contribution in [2.45, 2.75) is 32.6 Å². The van der Waals surface area contributed by atoms with Crippen molar-refractivity contribution in [3.8, 4) is 0 Å². The molecule has 1 fully saturated rings. The average Bonchev–Trinajstić information content (AvgIpc) is 2.46. The summed E-state index contributed by atoms with van der Waals surface area (Å²) in [5.41, 5.74) is 0.886. The van der Waals surface area contributed by atoms with Crippen LogP contribution in [0, 0.1) is 5.41 Å². The van der Waals surface area contributed by atoms with Crippen LogP contribution < -0.4 is 0 Å². The van der Waals surface area contributed by atoms with E-state index in [-0.39, 0.29) is 0 Å². The Labute approximate surface area is 115 Å². The van der Waals surface area contributed by atoms with E-state index in [1.807, 2.05) is 13.0 Å². The molecule has 0 saturated carbocycles. The quantitative estimate of drug-likeness (QED) is 0.886. The van der Waals surface area contributed by atoms with Crippen LogP contribution in [0.2, 0.25) is 0 Å². The molecule has 19 heavy (non-hydrogen) atoms. The first-order chi connectivity index (χ1) is 9.16. The van der Waals surface area contributed by atoms with Gasteiger partial charge in [0.25, 0.3) is 0 Å². The van der Waals surface area contributed by atoms with Crippen LogP contribution in [0.15, 0.2) is 30.3 Å². The molecule has 1 aromatic rings. The Morgan fingerprint density at radius 2 is 1.89 bits per heavy atom. The second kappa shape index (κ2) is 6.20. The summed E-state index contributed by atoms with van der Waals surface area (Å²) < 4.78 is 0. The highest BCUT2D eigenvalue weighted by Gasteiger charge is 2.39. The predicted molar refractivity (Wildman–Crippen MR) is 76.2 cm³/mol. The molecule has 1 aliphatic rings. The van der Waals surface area contributed by atoms with E-state index in [0.717, 1.165) is 45.3 Å². The summed E-state index contributed by atoms with van der Waals surface area (Å²) in [5, 5.41) is 9.36. The first-order valence-electron chi connectivity index (χ1n) is 7.16. The minimum absolute atomic E-state index is 0.469. The Balaban J connectivity index is 1.82. The second-order valence-electron chi connectivity index (χ2n) is 5.52. The predicted octanol–water partition coefficient (Wildman–Crippen LogP) is 2.81. The molecule has 1 aromatic carbocycles. The fraction of sp³-hybridized carbons (Fsp3) is 0.562. The zero-order valence-corrected chi connectivity index (χ0v) is 11.6. The minimum Gasteiger partial charge on any atom is -0.481 e. The number of hydrogen-bond donors (Lipinski definition) is 1. The zero-order valence-electron chi connectivity index (χ0n) is 11.6. The van der Waals surface area contributed by atoms with Crippen molar-refractivity contribution < 1.29 is 9.90 Å². The van der Waals surface area contributed by atoms with Crippen LogP contribution >= 0.6 is 0 Å². The van der Waals surface area contributed by atoms with Crippen molar-refractivity contribution in [1.29, 1.82) is 0 Å². The lowest BCUT2D eigenvalue weighted by atomic mass is 9.76. The Kier molecular flexibility index (Phi) is 4.59. The van der Waals surface area contributed by atoms with E-state index in [4.69, 9.17) is 0 Å². The number of piperidine rings is 1. The van der Waals surface area contributed by atoms with Crippen LogP contribution in [0.25, 0.3) is 0 Å². The van der Waals surface area contributed by atoms with Crippen molar-refractivity contribution in [3.05, 3.63) is 35.9 Å². The largest absolute Gasteiger partial charge is 0.481 e. The highest BCUT2D eigenvalue weighted by Crippen LogP contribution is 2.35. The van der Waals surface area contributed by atoms with Gasteiger partial charge in [-0.2, -0.15) is 0 Å². The van der Waals surface area contributed by atoms with Crippen molar-refractivity contribution in [2.24, 2.45) is 5.41 Å². The molecule has 0 amide bonds. The van der Waals surface area contributed by atoms with Gasteiger partial charge in [0.05, 0.1) is 5.41 Å². The third kappa shape index (κ3) is 3.35. The van der Waals surface area contributed by atoms with E-state index in [2.05, 4.69) is 29.2 Å². The summed E-state index contributed by atoms with van der Waals surface area (Å²) >= 11 is 0. The zero-order chi connectivity index (χ0) is 13.7. The van der Waals surface area contributed by atoms with E-state index in [0.29, 0.717) is 0 Å². The molecule has 0 unspecified atom stereocenters. The van der Waals surface area contributed by atoms with Gasteiger partial charge in [-0.05, 0) is 44.3 Å². The monoisotopic (exact) mass is 261 g/mol. The SMILES string of the molecule is CCC1(C(=O)O)CCN(CCc2ccccc2)CC1. The molecule has 3 heteroatoms. The molecule has 1 saturated heterocycles. The molecule has 2 rings (SSSR count). The fourth-order valence-corrected chi connectivity index (χ4v) is 2.86. The van der Waals surface area contributed by atoms with Gasteiger partial charge in [-0.25, -0.2) is 0 Å². The topological polar surface area (TPSA) is 40.5 Å². The molecule has 0 radical (unpaired) electrons. The van der Waals surface area contributed by atoms with Crippen LogP contribution in [-0.2, 0) is 11.2 Å². The molecular formula is C16H23NO2. The number of rotatable bonds is 5. The van der Waals surface area contributed by atoms with Gasteiger partial charge in [0.2, 0.25) is 0 Å². The highest BCUT2D eigenvalue weighted by atomic mass is 16.4. The Hall–Kier alpha value is -1.35. The minimum atomic E-state index is -0.613. The number of nitrogens with zero attached hydrogens (tertiary/aromatic N) is 1. The maximum atomic E-state index is 11.4. The number of benzene rings is 1. The van der Waals surface area contributed by atoms with Crippen LogP contribution in [0.4, 0.5) is 0 Å². The van der Waals surface area contributed by atoms with Crippen molar-refractivity contribution >= 4 is 5.97 Å². The molecule has 0 spiro atoms. The molecule has 1 heterocycles. The molecule has 0 bridgehead atoms. The third-order valence-electron chi connectivity index (χ3n) is 4.50. The first-order valence-corrected chi connectivity index (χ1v) is 7.16. The number of aliphatic carboxylic acids is 1. The molecule has 104 valence electrons. The lowest BCUT2D eigenvalue weighted by molar-refractivity contribution is -0.152. The lowest BCUT2D eigenvalue weighted by Crippen LogP contribution is -2.44. The smallest absolute Gasteiger partial charge is 0.309 e. The average molecular weight is 261 g/mol. The number of carboxylic acids is 1. The maximum Gasteiger partial charge on any atom is 0.309 e. The van der Waals surface area contributed by atoms with Crippen molar-refractivity contribution in [1.82, 2.24) is 4.90 Å². The van der Waals surface area contributed by atoms with Gasteiger partial charge in [-0.15, -0.1) is 0 Å². The fourth-order valence-electron chi connectivity index (χ4n) is 2.86. The summed E-state index contributed by atoms with van der Waals surface area (Å²) in [6.07, 6.45) is 3.36. The molecule has 1 aliphatic heterocycles. The van der Waals surface area contributed by atoms with Crippen LogP contribution in [-0.4, -0.2) is 35.6 Å². The number of hydrogen-bond acceptors (Lipinski definition) is 2. The van der Waals surface area contributed by atoms with Gasteiger partial charge >= 0.3 is 5.97 Å². The Bertz CT molecular complexity index is 408. The van der Waals surface area contributed by atoms with Crippen LogP contribution in [0.5, 0.6) is 0 Å². The summed E-state index contributed by atoms with van der Waals surface area (Å²) in [4.78, 5) is 13.8. The number of carbonyl (C=O) groups is 1. The van der Waals surface area contributed by atoms with Crippen LogP contribution in [0.3, 0.4) is 0 Å². The summed E-state index contributed by atoms with van der Waals surface area (Å²) in [6.45, 7) is 4.84. The number of carboxylic acid groups (broad SMARTS) is 1. The normalized spacial score (nSPS) is 19.2. The number of likely N-dealkylation sites (tertiary alicyclic amines) is 1. The molecule has 1 N–H and O–H groups in total. The van der Waals surface area contributed by atoms with Gasteiger partial charge < -0.3 is 10.0 Å². The second-order valence-corrected chi connectivity index (χ2v) is 5.52. The van der Waals surface area contributed by atoms with Gasteiger partial charge in [0.1, 0.15) is 0 Å². The lowest BCUT2D eigenvalue weighted by Gasteiger charge is -2.38. The van der Waals surface area contributed by atoms with E-state index in [1.54, 1.807) is 0 Å². The molecule has 0 aromatic heterocycles. The molecule has 0 aliphatic carbocycles. The Morgan fingerprint density at radius 3 is 2.42 bits per heavy atom. The first kappa shape index (κ1) is 14.1. The van der Waals surface area contributed by atoms with Crippen LogP contribution in [0.1, 0.15) is 31.7 Å². The maximum absolute atomic E-state index is 11.4. The van der Waals surface area contributed by atoms with Gasteiger partial charge in [-0.1, -0.05) is 37.3 Å². The summed E-state index contributed by atoms with van der Waals surface area (Å²) in [5.74, 6) is -0.613. The van der Waals surface area contributed by atoms with Crippen molar-refractivity contribution in [3.63, 3.8) is 0 Å². The summed E-state index contributed by atoms with van der Waals surface area (Å²) in [7, 11) is 0. The molecular weight excluding hydrogens is 238 g/mol. The van der Waals surface area contributed by atoms with Gasteiger partial charge in [0, 0.05) is 6.54 Å². The van der Waals surface area contributed by atoms with E-state index in [9.17, 15) is 9.90 Å². The Morgan fingerprint density at radius 1 is 1.26 bits per heavy atom. The van der Waals surface area contributed by atoms with Gasteiger partial charge in [0.15, 0.2) is 0 Å². The van der Waals surface area contributed by atoms with E-state index >= 15 is 0 Å². The van der Waals surface area contributed by atoms with Gasteiger partial charge in [-0.3, -0.25) is 4.79 Å². The molecule has 3 nitrogen and oxygen atoms in total. The van der Waals surface area contributed by atoms with Crippen molar-refractivity contribution in [2.75, 3.05) is 19.6 Å². The van der Waals surface area contributed by atoms with E-state index in [1.165, 1.54) is 5.56 Å². The highest BCUT2D eigenvalue weighted by molar-refractivity contribution is 5.74.